The Balaban J connectivity index is 3.22. The maximum Gasteiger partial charge on any atom is 0.239 e. The highest BCUT2D eigenvalue weighted by Gasteiger charge is 2.23. The number of halogens is 1. The first-order valence-corrected chi connectivity index (χ1v) is 6.41. The van der Waals surface area contributed by atoms with E-state index in [2.05, 4.69) is 32.2 Å². The van der Waals surface area contributed by atoms with Gasteiger partial charge in [-0.05, 0) is 29.9 Å². The molecule has 1 aromatic rings. The molecule has 0 aliphatic carbocycles. The molecule has 94 valence electrons. The van der Waals surface area contributed by atoms with E-state index in [1.54, 1.807) is 0 Å². The number of hydrogen-bond donors (Lipinski definition) is 1. The molecule has 0 aliphatic rings. The van der Waals surface area contributed by atoms with Gasteiger partial charge in [0, 0.05) is 5.69 Å². The zero-order valence-electron chi connectivity index (χ0n) is 10.9. The van der Waals surface area contributed by atoms with Crippen molar-refractivity contribution >= 4 is 23.2 Å². The molecule has 1 rings (SSSR count). The molecule has 3 heteroatoms. The number of carbonyl (C=O) groups is 1. The van der Waals surface area contributed by atoms with E-state index in [9.17, 15) is 4.79 Å². The number of hydrogen-bond acceptors (Lipinski definition) is 1. The van der Waals surface area contributed by atoms with Gasteiger partial charge in [-0.1, -0.05) is 39.0 Å². The molecule has 17 heavy (non-hydrogen) atoms. The summed E-state index contributed by atoms with van der Waals surface area (Å²) in [6.07, 6.45) is 1.01. The summed E-state index contributed by atoms with van der Waals surface area (Å²) < 4.78 is 0. The largest absolute Gasteiger partial charge is 0.325 e. The molecule has 0 aromatic heterocycles. The average Bonchev–Trinajstić information content (AvgIpc) is 2.31. The fourth-order valence-electron chi connectivity index (χ4n) is 1.76. The highest BCUT2D eigenvalue weighted by molar-refractivity contribution is 6.29. The van der Waals surface area contributed by atoms with Crippen LogP contribution in [0.25, 0.3) is 0 Å². The molecule has 0 unspecified atom stereocenters. The molecule has 0 saturated heterocycles. The zero-order valence-corrected chi connectivity index (χ0v) is 11.7. The Morgan fingerprint density at radius 2 is 2.06 bits per heavy atom. The smallest absolute Gasteiger partial charge is 0.239 e. The van der Waals surface area contributed by atoms with E-state index in [0.717, 1.165) is 17.7 Å². The first kappa shape index (κ1) is 14.0. The highest BCUT2D eigenvalue weighted by Crippen LogP contribution is 2.34. The van der Waals surface area contributed by atoms with Gasteiger partial charge in [-0.3, -0.25) is 4.79 Å². The summed E-state index contributed by atoms with van der Waals surface area (Å²) in [5, 5.41) is 2.90. The zero-order chi connectivity index (χ0) is 13.1. The van der Waals surface area contributed by atoms with Crippen molar-refractivity contribution in [3.05, 3.63) is 29.3 Å². The van der Waals surface area contributed by atoms with Crippen molar-refractivity contribution in [1.82, 2.24) is 0 Å². The summed E-state index contributed by atoms with van der Waals surface area (Å²) in [4.78, 5) is 11.5. The van der Waals surface area contributed by atoms with E-state index in [0.29, 0.717) is 0 Å². The maximum atomic E-state index is 11.5. The second-order valence-corrected chi connectivity index (χ2v) is 5.18. The van der Waals surface area contributed by atoms with E-state index in [4.69, 9.17) is 11.6 Å². The third-order valence-electron chi connectivity index (χ3n) is 3.27. The number of aryl methyl sites for hydroxylation is 1. The molecular weight excluding hydrogens is 234 g/mol. The molecule has 0 bridgehead atoms. The van der Waals surface area contributed by atoms with Gasteiger partial charge in [0.15, 0.2) is 0 Å². The van der Waals surface area contributed by atoms with Crippen LogP contribution in [-0.4, -0.2) is 11.8 Å². The van der Waals surface area contributed by atoms with Crippen LogP contribution in [0.3, 0.4) is 0 Å². The SMILES string of the molecule is CCC(C)(C)c1cccc(C)c1NC(=O)CCl. The Kier molecular flexibility index (Phi) is 4.58. The van der Waals surface area contributed by atoms with Crippen molar-refractivity contribution in [2.45, 2.75) is 39.5 Å². The Hall–Kier alpha value is -1.02. The van der Waals surface area contributed by atoms with E-state index in [1.807, 2.05) is 19.1 Å². The summed E-state index contributed by atoms with van der Waals surface area (Å²) in [5.41, 5.74) is 3.19. The number of alkyl halides is 1. The number of rotatable bonds is 4. The Labute approximate surface area is 108 Å². The molecule has 0 atom stereocenters. The molecule has 0 saturated carbocycles. The van der Waals surface area contributed by atoms with Crippen molar-refractivity contribution in [1.29, 1.82) is 0 Å². The quantitative estimate of drug-likeness (QED) is 0.812. The van der Waals surface area contributed by atoms with E-state index < -0.39 is 0 Å². The van der Waals surface area contributed by atoms with Crippen LogP contribution in [0.5, 0.6) is 0 Å². The van der Waals surface area contributed by atoms with Gasteiger partial charge in [0.2, 0.25) is 5.91 Å². The lowest BCUT2D eigenvalue weighted by molar-refractivity contribution is -0.113. The third kappa shape index (κ3) is 3.22. The summed E-state index contributed by atoms with van der Waals surface area (Å²) >= 11 is 5.54. The van der Waals surface area contributed by atoms with Gasteiger partial charge in [0.25, 0.3) is 0 Å². The van der Waals surface area contributed by atoms with Crippen LogP contribution in [-0.2, 0) is 10.2 Å². The van der Waals surface area contributed by atoms with Gasteiger partial charge >= 0.3 is 0 Å². The lowest BCUT2D eigenvalue weighted by Gasteiger charge is -2.27. The van der Waals surface area contributed by atoms with Gasteiger partial charge in [0.1, 0.15) is 5.88 Å². The van der Waals surface area contributed by atoms with Gasteiger partial charge in [-0.25, -0.2) is 0 Å². The topological polar surface area (TPSA) is 29.1 Å². The summed E-state index contributed by atoms with van der Waals surface area (Å²) in [7, 11) is 0. The molecule has 1 aromatic carbocycles. The van der Waals surface area contributed by atoms with Gasteiger partial charge in [-0.2, -0.15) is 0 Å². The van der Waals surface area contributed by atoms with Crippen LogP contribution in [0.2, 0.25) is 0 Å². The van der Waals surface area contributed by atoms with Crippen LogP contribution in [0.1, 0.15) is 38.3 Å². The number of amides is 1. The average molecular weight is 254 g/mol. The molecule has 0 heterocycles. The van der Waals surface area contributed by atoms with Crippen LogP contribution < -0.4 is 5.32 Å². The van der Waals surface area contributed by atoms with Gasteiger partial charge < -0.3 is 5.32 Å². The van der Waals surface area contributed by atoms with E-state index in [1.165, 1.54) is 5.56 Å². The third-order valence-corrected chi connectivity index (χ3v) is 3.51. The van der Waals surface area contributed by atoms with Crippen molar-refractivity contribution in [3.63, 3.8) is 0 Å². The highest BCUT2D eigenvalue weighted by atomic mass is 35.5. The molecule has 0 radical (unpaired) electrons. The van der Waals surface area contributed by atoms with Crippen molar-refractivity contribution in [3.8, 4) is 0 Å². The molecule has 0 spiro atoms. The number of benzene rings is 1. The number of nitrogens with one attached hydrogen (secondary N) is 1. The predicted molar refractivity (Wildman–Crippen MR) is 73.8 cm³/mol. The first-order chi connectivity index (χ1) is 7.92. The summed E-state index contributed by atoms with van der Waals surface area (Å²) in [6.45, 7) is 8.50. The molecule has 0 aliphatic heterocycles. The maximum absolute atomic E-state index is 11.5. The van der Waals surface area contributed by atoms with Crippen molar-refractivity contribution < 1.29 is 4.79 Å². The summed E-state index contributed by atoms with van der Waals surface area (Å²) in [6, 6.07) is 6.10. The predicted octanol–water partition coefficient (Wildman–Crippen LogP) is 3.86. The fourth-order valence-corrected chi connectivity index (χ4v) is 1.83. The van der Waals surface area contributed by atoms with Crippen molar-refractivity contribution in [2.75, 3.05) is 11.2 Å². The monoisotopic (exact) mass is 253 g/mol. The standard InChI is InChI=1S/C14H20ClNO/c1-5-14(3,4)11-8-6-7-10(2)13(11)16-12(17)9-15/h6-8H,5,9H2,1-4H3,(H,16,17). The van der Waals surface area contributed by atoms with Gasteiger partial charge in [-0.15, -0.1) is 11.6 Å². The molecule has 2 nitrogen and oxygen atoms in total. The summed E-state index contributed by atoms with van der Waals surface area (Å²) in [5.74, 6) is -0.172. The van der Waals surface area contributed by atoms with Crippen molar-refractivity contribution in [2.24, 2.45) is 0 Å². The molecule has 0 fully saturated rings. The number of anilines is 1. The number of carbonyl (C=O) groups excluding carboxylic acids is 1. The molecular formula is C14H20ClNO. The second-order valence-electron chi connectivity index (χ2n) is 4.92. The Morgan fingerprint density at radius 1 is 1.41 bits per heavy atom. The van der Waals surface area contributed by atoms with Crippen LogP contribution in [0.4, 0.5) is 5.69 Å². The fraction of sp³-hybridized carbons (Fsp3) is 0.500. The lowest BCUT2D eigenvalue weighted by Crippen LogP contribution is -2.22. The molecule has 1 N–H and O–H groups in total. The van der Waals surface area contributed by atoms with Crippen LogP contribution >= 0.6 is 11.6 Å². The minimum absolute atomic E-state index is 0.0136. The lowest BCUT2D eigenvalue weighted by atomic mass is 9.80. The normalized spacial score (nSPS) is 11.4. The van der Waals surface area contributed by atoms with Crippen LogP contribution in [0.15, 0.2) is 18.2 Å². The first-order valence-electron chi connectivity index (χ1n) is 5.88. The Morgan fingerprint density at radius 3 is 2.59 bits per heavy atom. The number of para-hydroxylation sites is 1. The van der Waals surface area contributed by atoms with Gasteiger partial charge in [0.05, 0.1) is 0 Å². The minimum Gasteiger partial charge on any atom is -0.325 e. The molecule has 1 amide bonds. The van der Waals surface area contributed by atoms with Crippen LogP contribution in [0, 0.1) is 6.92 Å². The Bertz CT molecular complexity index is 413. The van der Waals surface area contributed by atoms with E-state index >= 15 is 0 Å². The van der Waals surface area contributed by atoms with E-state index in [-0.39, 0.29) is 17.2 Å². The minimum atomic E-state index is -0.158. The second kappa shape index (κ2) is 5.54.